The summed E-state index contributed by atoms with van der Waals surface area (Å²) >= 11 is 0. The third kappa shape index (κ3) is 4.38. The van der Waals surface area contributed by atoms with E-state index in [0.29, 0.717) is 13.0 Å². The van der Waals surface area contributed by atoms with Crippen LogP contribution >= 0.6 is 0 Å². The van der Waals surface area contributed by atoms with E-state index in [0.717, 1.165) is 56.1 Å². The zero-order chi connectivity index (χ0) is 17.8. The molecular weight excluding hydrogens is 314 g/mol. The van der Waals surface area contributed by atoms with Gasteiger partial charge in [-0.2, -0.15) is 0 Å². The molecule has 6 heteroatoms. The molecule has 0 bridgehead atoms. The van der Waals surface area contributed by atoms with Crippen LogP contribution in [0.1, 0.15) is 12.2 Å². The minimum Gasteiger partial charge on any atom is -0.340 e. The Morgan fingerprint density at radius 2 is 1.84 bits per heavy atom. The summed E-state index contributed by atoms with van der Waals surface area (Å²) in [5.74, 6) is 1.23. The minimum atomic E-state index is 0.254. The fraction of sp³-hybridized carbons (Fsp3) is 0.579. The van der Waals surface area contributed by atoms with Gasteiger partial charge < -0.3 is 14.4 Å². The summed E-state index contributed by atoms with van der Waals surface area (Å²) < 4.78 is 2.15. The first-order valence-electron chi connectivity index (χ1n) is 9.11. The van der Waals surface area contributed by atoms with Gasteiger partial charge in [0.1, 0.15) is 5.82 Å². The number of amides is 1. The quantitative estimate of drug-likeness (QED) is 0.796. The number of aromatic nitrogens is 2. The Labute approximate surface area is 150 Å². The van der Waals surface area contributed by atoms with Gasteiger partial charge in [-0.05, 0) is 33.2 Å². The maximum atomic E-state index is 12.6. The number of para-hydroxylation sites is 2. The van der Waals surface area contributed by atoms with Gasteiger partial charge in [0, 0.05) is 52.2 Å². The Kier molecular flexibility index (Phi) is 5.71. The average Bonchev–Trinajstić information content (AvgIpc) is 2.93. The summed E-state index contributed by atoms with van der Waals surface area (Å²) in [7, 11) is 4.20. The Morgan fingerprint density at radius 3 is 2.56 bits per heavy atom. The largest absolute Gasteiger partial charge is 0.340 e. The lowest BCUT2D eigenvalue weighted by Crippen LogP contribution is -2.50. The maximum Gasteiger partial charge on any atom is 0.224 e. The van der Waals surface area contributed by atoms with Gasteiger partial charge in [-0.3, -0.25) is 9.69 Å². The molecule has 6 nitrogen and oxygen atoms in total. The molecule has 0 aliphatic carbocycles. The first-order chi connectivity index (χ1) is 12.0. The van der Waals surface area contributed by atoms with E-state index in [4.69, 9.17) is 0 Å². The molecule has 1 saturated heterocycles. The first kappa shape index (κ1) is 17.9. The van der Waals surface area contributed by atoms with Crippen molar-refractivity contribution in [1.82, 2.24) is 24.3 Å². The highest BCUT2D eigenvalue weighted by Crippen LogP contribution is 2.16. The Hall–Kier alpha value is -1.92. The molecule has 1 aromatic heterocycles. The van der Waals surface area contributed by atoms with Gasteiger partial charge in [0.15, 0.2) is 0 Å². The van der Waals surface area contributed by atoms with Crippen molar-refractivity contribution in [3.63, 3.8) is 0 Å². The highest BCUT2D eigenvalue weighted by molar-refractivity contribution is 5.78. The van der Waals surface area contributed by atoms with Crippen molar-refractivity contribution in [3.05, 3.63) is 30.1 Å². The van der Waals surface area contributed by atoms with Crippen LogP contribution in [0.4, 0.5) is 0 Å². The number of nitrogens with zero attached hydrogens (tertiary/aromatic N) is 5. The van der Waals surface area contributed by atoms with Gasteiger partial charge in [-0.1, -0.05) is 12.1 Å². The number of carbonyl (C=O) groups is 1. The molecular formula is C19H29N5O. The van der Waals surface area contributed by atoms with E-state index in [-0.39, 0.29) is 5.91 Å². The predicted octanol–water partition coefficient (Wildman–Crippen LogP) is 1.44. The lowest BCUT2D eigenvalue weighted by Gasteiger charge is -2.35. The topological polar surface area (TPSA) is 44.6 Å². The highest BCUT2D eigenvalue weighted by Gasteiger charge is 2.21. The van der Waals surface area contributed by atoms with Crippen LogP contribution in [0.5, 0.6) is 0 Å². The van der Waals surface area contributed by atoms with Gasteiger partial charge >= 0.3 is 0 Å². The van der Waals surface area contributed by atoms with Crippen molar-refractivity contribution in [3.8, 4) is 0 Å². The molecule has 2 aromatic rings. The number of hydrogen-bond acceptors (Lipinski definition) is 4. The number of piperazine rings is 1. The van der Waals surface area contributed by atoms with Gasteiger partial charge in [0.05, 0.1) is 11.0 Å². The molecule has 0 N–H and O–H groups in total. The van der Waals surface area contributed by atoms with Crippen molar-refractivity contribution < 1.29 is 4.79 Å². The third-order valence-electron chi connectivity index (χ3n) is 4.98. The normalized spacial score (nSPS) is 16.1. The fourth-order valence-electron chi connectivity index (χ4n) is 3.41. The summed E-state index contributed by atoms with van der Waals surface area (Å²) in [6, 6.07) is 8.12. The Balaban J connectivity index is 1.51. The molecule has 2 heterocycles. The molecule has 0 unspecified atom stereocenters. The van der Waals surface area contributed by atoms with Crippen LogP contribution in [-0.2, 0) is 11.3 Å². The lowest BCUT2D eigenvalue weighted by atomic mass is 10.2. The minimum absolute atomic E-state index is 0.254. The third-order valence-corrected chi connectivity index (χ3v) is 4.98. The number of benzene rings is 1. The number of aryl methyl sites for hydroxylation is 2. The summed E-state index contributed by atoms with van der Waals surface area (Å²) in [6.45, 7) is 8.50. The number of likely N-dealkylation sites (N-methyl/N-ethyl adjacent to an activating group) is 1. The second-order valence-corrected chi connectivity index (χ2v) is 7.08. The molecule has 0 radical (unpaired) electrons. The Morgan fingerprint density at radius 1 is 1.12 bits per heavy atom. The van der Waals surface area contributed by atoms with E-state index in [2.05, 4.69) is 39.5 Å². The van der Waals surface area contributed by atoms with Crippen LogP contribution in [0, 0.1) is 6.92 Å². The fourth-order valence-corrected chi connectivity index (χ4v) is 3.41. The standard InChI is InChI=1S/C19H29N5O/c1-16-20-17-6-4-5-7-18(17)24(16)9-8-19(25)23-14-12-22(13-15-23)11-10-21(2)3/h4-7H,8-15H2,1-3H3. The van der Waals surface area contributed by atoms with Crippen LogP contribution in [0.15, 0.2) is 24.3 Å². The van der Waals surface area contributed by atoms with E-state index in [1.165, 1.54) is 0 Å². The molecule has 1 aromatic carbocycles. The second-order valence-electron chi connectivity index (χ2n) is 7.08. The summed E-state index contributed by atoms with van der Waals surface area (Å²) in [6.07, 6.45) is 0.541. The van der Waals surface area contributed by atoms with Gasteiger partial charge in [0.25, 0.3) is 0 Å². The van der Waals surface area contributed by atoms with Crippen LogP contribution in [0.25, 0.3) is 11.0 Å². The molecule has 0 saturated carbocycles. The average molecular weight is 343 g/mol. The summed E-state index contributed by atoms with van der Waals surface area (Å²) in [5.41, 5.74) is 2.11. The van der Waals surface area contributed by atoms with Crippen LogP contribution in [0.3, 0.4) is 0 Å². The number of rotatable bonds is 6. The van der Waals surface area contributed by atoms with Crippen LogP contribution in [-0.4, -0.2) is 83.5 Å². The molecule has 136 valence electrons. The first-order valence-corrected chi connectivity index (χ1v) is 9.11. The van der Waals surface area contributed by atoms with E-state index < -0.39 is 0 Å². The van der Waals surface area contributed by atoms with Crippen molar-refractivity contribution in [2.45, 2.75) is 19.9 Å². The van der Waals surface area contributed by atoms with E-state index in [1.54, 1.807) is 0 Å². The van der Waals surface area contributed by atoms with Gasteiger partial charge in [-0.25, -0.2) is 4.98 Å². The molecule has 0 atom stereocenters. The number of carbonyl (C=O) groups excluding carboxylic acids is 1. The van der Waals surface area contributed by atoms with E-state index in [1.807, 2.05) is 30.0 Å². The molecule has 1 amide bonds. The SMILES string of the molecule is Cc1nc2ccccc2n1CCC(=O)N1CCN(CCN(C)C)CC1. The second kappa shape index (κ2) is 7.97. The van der Waals surface area contributed by atoms with E-state index >= 15 is 0 Å². The van der Waals surface area contributed by atoms with Gasteiger partial charge in [0.2, 0.25) is 5.91 Å². The smallest absolute Gasteiger partial charge is 0.224 e. The molecule has 0 spiro atoms. The molecule has 1 aliphatic heterocycles. The maximum absolute atomic E-state index is 12.6. The van der Waals surface area contributed by atoms with E-state index in [9.17, 15) is 4.79 Å². The zero-order valence-electron chi connectivity index (χ0n) is 15.6. The zero-order valence-corrected chi connectivity index (χ0v) is 15.6. The molecule has 25 heavy (non-hydrogen) atoms. The van der Waals surface area contributed by atoms with Crippen molar-refractivity contribution in [2.75, 3.05) is 53.4 Å². The van der Waals surface area contributed by atoms with Crippen LogP contribution in [0.2, 0.25) is 0 Å². The highest BCUT2D eigenvalue weighted by atomic mass is 16.2. The van der Waals surface area contributed by atoms with Crippen molar-refractivity contribution in [2.24, 2.45) is 0 Å². The summed E-state index contributed by atoms with van der Waals surface area (Å²) in [4.78, 5) is 23.8. The van der Waals surface area contributed by atoms with Crippen molar-refractivity contribution >= 4 is 16.9 Å². The van der Waals surface area contributed by atoms with Crippen molar-refractivity contribution in [1.29, 1.82) is 0 Å². The lowest BCUT2D eigenvalue weighted by molar-refractivity contribution is -0.133. The molecule has 1 fully saturated rings. The summed E-state index contributed by atoms with van der Waals surface area (Å²) in [5, 5.41) is 0. The monoisotopic (exact) mass is 343 g/mol. The molecule has 1 aliphatic rings. The molecule has 3 rings (SSSR count). The van der Waals surface area contributed by atoms with Gasteiger partial charge in [-0.15, -0.1) is 0 Å². The number of fused-ring (bicyclic) bond motifs is 1. The predicted molar refractivity (Wildman–Crippen MR) is 101 cm³/mol. The number of imidazole rings is 1. The Bertz CT molecular complexity index is 716. The number of hydrogen-bond donors (Lipinski definition) is 0. The van der Waals surface area contributed by atoms with Crippen LogP contribution < -0.4 is 0 Å².